The quantitative estimate of drug-likeness (QED) is 0.443. The van der Waals surface area contributed by atoms with E-state index in [1.165, 1.54) is 7.11 Å². The molecule has 0 saturated carbocycles. The topological polar surface area (TPSA) is 46.5 Å². The van der Waals surface area contributed by atoms with Gasteiger partial charge in [0.05, 0.1) is 13.4 Å². The first-order valence-corrected chi connectivity index (χ1v) is 4.18. The van der Waals surface area contributed by atoms with Gasteiger partial charge in [0.1, 0.15) is 5.57 Å². The fourth-order valence-electron chi connectivity index (χ4n) is 1.09. The molecule has 3 heteroatoms. The number of carbonyl (C=O) groups excluding carboxylic acids is 1. The van der Waals surface area contributed by atoms with Crippen molar-refractivity contribution < 1.29 is 14.6 Å². The number of aryl methyl sites for hydroxylation is 1. The summed E-state index contributed by atoms with van der Waals surface area (Å²) in [6, 6.07) is 7.24. The third-order valence-electron chi connectivity index (χ3n) is 1.90. The minimum Gasteiger partial charge on any atom is -0.515 e. The Hall–Kier alpha value is -1.77. The largest absolute Gasteiger partial charge is 0.515 e. The Labute approximate surface area is 82.6 Å². The molecule has 1 aromatic carbocycles. The van der Waals surface area contributed by atoms with Gasteiger partial charge in [0.25, 0.3) is 0 Å². The summed E-state index contributed by atoms with van der Waals surface area (Å²) in [4.78, 5) is 11.2. The average molecular weight is 192 g/mol. The van der Waals surface area contributed by atoms with Gasteiger partial charge in [-0.2, -0.15) is 0 Å². The van der Waals surface area contributed by atoms with Crippen LogP contribution >= 0.6 is 0 Å². The van der Waals surface area contributed by atoms with E-state index >= 15 is 0 Å². The van der Waals surface area contributed by atoms with E-state index in [1.54, 1.807) is 12.1 Å². The van der Waals surface area contributed by atoms with Gasteiger partial charge < -0.3 is 9.84 Å². The van der Waals surface area contributed by atoms with Gasteiger partial charge in [-0.3, -0.25) is 0 Å². The number of rotatable bonds is 2. The van der Waals surface area contributed by atoms with Crippen LogP contribution in [0.2, 0.25) is 0 Å². The van der Waals surface area contributed by atoms with Crippen molar-refractivity contribution in [3.8, 4) is 0 Å². The SMILES string of the molecule is COC(=O)C(=CO)c1ccc(C)cc1. The van der Waals surface area contributed by atoms with Crippen LogP contribution in [0.1, 0.15) is 11.1 Å². The number of benzene rings is 1. The summed E-state index contributed by atoms with van der Waals surface area (Å²) >= 11 is 0. The standard InChI is InChI=1S/C11H12O3/c1-8-3-5-9(6-4-8)10(7-12)11(13)14-2/h3-7,12H,1-2H3. The molecule has 0 aliphatic heterocycles. The van der Waals surface area contributed by atoms with Crippen LogP contribution in [0, 0.1) is 6.92 Å². The van der Waals surface area contributed by atoms with Crippen molar-refractivity contribution in [3.63, 3.8) is 0 Å². The molecule has 1 rings (SSSR count). The number of hydrogen-bond acceptors (Lipinski definition) is 3. The molecule has 0 heterocycles. The number of hydrogen-bond donors (Lipinski definition) is 1. The Morgan fingerprint density at radius 3 is 2.36 bits per heavy atom. The molecule has 0 saturated heterocycles. The molecular weight excluding hydrogens is 180 g/mol. The zero-order chi connectivity index (χ0) is 10.6. The molecule has 74 valence electrons. The van der Waals surface area contributed by atoms with Crippen LogP contribution in [0.5, 0.6) is 0 Å². The van der Waals surface area contributed by atoms with Gasteiger partial charge in [0, 0.05) is 0 Å². The number of aliphatic hydroxyl groups excluding tert-OH is 1. The van der Waals surface area contributed by atoms with Gasteiger partial charge in [0.2, 0.25) is 0 Å². The van der Waals surface area contributed by atoms with E-state index in [0.717, 1.165) is 11.8 Å². The first kappa shape index (κ1) is 10.3. The number of carbonyl (C=O) groups is 1. The van der Waals surface area contributed by atoms with Crippen molar-refractivity contribution in [1.82, 2.24) is 0 Å². The van der Waals surface area contributed by atoms with E-state index in [9.17, 15) is 4.79 Å². The van der Waals surface area contributed by atoms with Gasteiger partial charge in [-0.1, -0.05) is 29.8 Å². The summed E-state index contributed by atoms with van der Waals surface area (Å²) in [6.45, 7) is 1.95. The highest BCUT2D eigenvalue weighted by Gasteiger charge is 2.11. The summed E-state index contributed by atoms with van der Waals surface area (Å²) < 4.78 is 4.52. The number of methoxy groups -OCH3 is 1. The van der Waals surface area contributed by atoms with Crippen molar-refractivity contribution in [1.29, 1.82) is 0 Å². The number of aliphatic hydroxyl groups is 1. The van der Waals surface area contributed by atoms with E-state index in [1.807, 2.05) is 19.1 Å². The van der Waals surface area contributed by atoms with E-state index in [2.05, 4.69) is 4.74 Å². The van der Waals surface area contributed by atoms with Crippen LogP contribution in [0.15, 0.2) is 30.5 Å². The molecule has 0 aliphatic carbocycles. The zero-order valence-corrected chi connectivity index (χ0v) is 8.15. The molecule has 1 N–H and O–H groups in total. The van der Waals surface area contributed by atoms with Crippen LogP contribution < -0.4 is 0 Å². The van der Waals surface area contributed by atoms with E-state index < -0.39 is 5.97 Å². The minimum atomic E-state index is -0.545. The molecule has 0 atom stereocenters. The predicted octanol–water partition coefficient (Wildman–Crippen LogP) is 2.07. The Morgan fingerprint density at radius 1 is 1.36 bits per heavy atom. The summed E-state index contributed by atoms with van der Waals surface area (Å²) in [5.74, 6) is -0.545. The third kappa shape index (κ3) is 2.13. The van der Waals surface area contributed by atoms with Gasteiger partial charge in [-0.05, 0) is 12.5 Å². The smallest absolute Gasteiger partial charge is 0.341 e. The van der Waals surface area contributed by atoms with Crippen molar-refractivity contribution in [3.05, 3.63) is 41.7 Å². The fraction of sp³-hybridized carbons (Fsp3) is 0.182. The van der Waals surface area contributed by atoms with Crippen molar-refractivity contribution in [2.45, 2.75) is 6.92 Å². The van der Waals surface area contributed by atoms with Crippen LogP contribution in [-0.2, 0) is 9.53 Å². The molecule has 0 radical (unpaired) electrons. The number of ether oxygens (including phenoxy) is 1. The lowest BCUT2D eigenvalue weighted by molar-refractivity contribution is -0.133. The maximum absolute atomic E-state index is 11.2. The molecule has 0 bridgehead atoms. The van der Waals surface area contributed by atoms with Gasteiger partial charge in [-0.15, -0.1) is 0 Å². The summed E-state index contributed by atoms with van der Waals surface area (Å²) in [5, 5.41) is 8.89. The van der Waals surface area contributed by atoms with Crippen LogP contribution in [-0.4, -0.2) is 18.2 Å². The van der Waals surface area contributed by atoms with Crippen LogP contribution in [0.25, 0.3) is 5.57 Å². The van der Waals surface area contributed by atoms with Gasteiger partial charge in [-0.25, -0.2) is 4.79 Å². The van der Waals surface area contributed by atoms with Crippen LogP contribution in [0.4, 0.5) is 0 Å². The zero-order valence-electron chi connectivity index (χ0n) is 8.15. The van der Waals surface area contributed by atoms with E-state index in [0.29, 0.717) is 5.56 Å². The lowest BCUT2D eigenvalue weighted by Crippen LogP contribution is -2.03. The fourth-order valence-corrected chi connectivity index (χ4v) is 1.09. The second-order valence-electron chi connectivity index (χ2n) is 2.90. The lowest BCUT2D eigenvalue weighted by Gasteiger charge is -2.03. The highest BCUT2D eigenvalue weighted by Crippen LogP contribution is 2.15. The van der Waals surface area contributed by atoms with Gasteiger partial charge >= 0.3 is 5.97 Å². The maximum Gasteiger partial charge on any atom is 0.341 e. The molecule has 0 aromatic heterocycles. The Kier molecular flexibility index (Phi) is 3.29. The first-order valence-electron chi connectivity index (χ1n) is 4.18. The van der Waals surface area contributed by atoms with Crippen LogP contribution in [0.3, 0.4) is 0 Å². The molecule has 0 unspecified atom stereocenters. The predicted molar refractivity (Wildman–Crippen MR) is 53.8 cm³/mol. The summed E-state index contributed by atoms with van der Waals surface area (Å²) in [5.41, 5.74) is 1.90. The maximum atomic E-state index is 11.2. The second kappa shape index (κ2) is 4.46. The second-order valence-corrected chi connectivity index (χ2v) is 2.90. The van der Waals surface area contributed by atoms with Crippen molar-refractivity contribution in [2.75, 3.05) is 7.11 Å². The Bertz CT molecular complexity index is 349. The van der Waals surface area contributed by atoms with Crippen molar-refractivity contribution >= 4 is 11.5 Å². The average Bonchev–Trinajstić information content (AvgIpc) is 2.21. The molecule has 0 fully saturated rings. The highest BCUT2D eigenvalue weighted by molar-refractivity contribution is 6.16. The highest BCUT2D eigenvalue weighted by atomic mass is 16.5. The summed E-state index contributed by atoms with van der Waals surface area (Å²) in [7, 11) is 1.28. The molecule has 1 aromatic rings. The molecule has 14 heavy (non-hydrogen) atoms. The Balaban J connectivity index is 3.03. The molecule has 0 aliphatic rings. The monoisotopic (exact) mass is 192 g/mol. The molecular formula is C11H12O3. The molecule has 0 spiro atoms. The first-order chi connectivity index (χ1) is 6.69. The minimum absolute atomic E-state index is 0.160. The molecule has 0 amide bonds. The van der Waals surface area contributed by atoms with E-state index in [-0.39, 0.29) is 5.57 Å². The third-order valence-corrected chi connectivity index (χ3v) is 1.90. The van der Waals surface area contributed by atoms with Crippen molar-refractivity contribution in [2.24, 2.45) is 0 Å². The lowest BCUT2D eigenvalue weighted by atomic mass is 10.1. The number of esters is 1. The molecule has 3 nitrogen and oxygen atoms in total. The van der Waals surface area contributed by atoms with E-state index in [4.69, 9.17) is 5.11 Å². The van der Waals surface area contributed by atoms with Gasteiger partial charge in [0.15, 0.2) is 0 Å². The normalized spacial score (nSPS) is 11.1. The Morgan fingerprint density at radius 2 is 1.93 bits per heavy atom. The summed E-state index contributed by atoms with van der Waals surface area (Å²) in [6.07, 6.45) is 0.760.